The summed E-state index contributed by atoms with van der Waals surface area (Å²) in [7, 11) is 0. The van der Waals surface area contributed by atoms with Crippen molar-refractivity contribution in [1.82, 2.24) is 0 Å². The number of amides is 1. The van der Waals surface area contributed by atoms with E-state index in [9.17, 15) is 4.79 Å². The van der Waals surface area contributed by atoms with E-state index in [1.54, 1.807) is 12.1 Å². The van der Waals surface area contributed by atoms with Crippen LogP contribution in [0.4, 0.5) is 5.69 Å². The normalized spacial score (nSPS) is 11.9. The molecule has 1 atom stereocenters. The van der Waals surface area contributed by atoms with Crippen molar-refractivity contribution in [3.63, 3.8) is 0 Å². The molecule has 0 aliphatic carbocycles. The molecule has 2 rings (SSSR count). The molecule has 134 valence electrons. The number of anilines is 1. The first-order valence-corrected chi connectivity index (χ1v) is 8.79. The first-order valence-electron chi connectivity index (χ1n) is 8.79. The van der Waals surface area contributed by atoms with Crippen LogP contribution in [-0.4, -0.2) is 18.6 Å². The molecule has 2 aromatic carbocycles. The number of carbonyl (C=O) groups excluding carboxylic acids is 1. The van der Waals surface area contributed by atoms with E-state index in [2.05, 4.69) is 26.1 Å². The van der Waals surface area contributed by atoms with Gasteiger partial charge in [0, 0.05) is 11.3 Å². The van der Waals surface area contributed by atoms with E-state index in [1.807, 2.05) is 43.3 Å². The summed E-state index contributed by atoms with van der Waals surface area (Å²) in [5.41, 5.74) is 1.30. The Bertz CT molecular complexity index is 680. The summed E-state index contributed by atoms with van der Waals surface area (Å²) in [6, 6.07) is 14.6. The van der Waals surface area contributed by atoms with Gasteiger partial charge in [0.1, 0.15) is 11.5 Å². The fourth-order valence-corrected chi connectivity index (χ4v) is 2.13. The predicted molar refractivity (Wildman–Crippen MR) is 102 cm³/mol. The third kappa shape index (κ3) is 6.14. The zero-order chi connectivity index (χ0) is 18.2. The molecule has 25 heavy (non-hydrogen) atoms. The van der Waals surface area contributed by atoms with Crippen molar-refractivity contribution in [2.45, 2.75) is 40.2 Å². The SMILES string of the molecule is CCC(C)Oc1ccc(NC(=O)c2cccc(OCC(C)C)c2)cc1. The standard InChI is InChI=1S/C21H27NO3/c1-5-16(4)25-19-11-9-18(10-12-19)22-21(23)17-7-6-8-20(13-17)24-14-15(2)3/h6-13,15-16H,5,14H2,1-4H3,(H,22,23). The maximum atomic E-state index is 12.4. The molecule has 1 N–H and O–H groups in total. The highest BCUT2D eigenvalue weighted by Crippen LogP contribution is 2.19. The van der Waals surface area contributed by atoms with Gasteiger partial charge in [-0.25, -0.2) is 0 Å². The molecule has 0 heterocycles. The molecule has 0 aromatic heterocycles. The first kappa shape index (κ1) is 18.8. The van der Waals surface area contributed by atoms with Crippen molar-refractivity contribution < 1.29 is 14.3 Å². The maximum Gasteiger partial charge on any atom is 0.255 e. The Hall–Kier alpha value is -2.49. The fraction of sp³-hybridized carbons (Fsp3) is 0.381. The minimum atomic E-state index is -0.161. The smallest absolute Gasteiger partial charge is 0.255 e. The molecule has 0 aliphatic rings. The lowest BCUT2D eigenvalue weighted by Crippen LogP contribution is -2.13. The second kappa shape index (κ2) is 9.11. The van der Waals surface area contributed by atoms with Crippen molar-refractivity contribution in [2.24, 2.45) is 5.92 Å². The lowest BCUT2D eigenvalue weighted by atomic mass is 10.2. The molecule has 0 spiro atoms. The van der Waals surface area contributed by atoms with Crippen LogP contribution in [0.3, 0.4) is 0 Å². The van der Waals surface area contributed by atoms with Gasteiger partial charge in [-0.2, -0.15) is 0 Å². The van der Waals surface area contributed by atoms with E-state index >= 15 is 0 Å². The zero-order valence-electron chi connectivity index (χ0n) is 15.4. The van der Waals surface area contributed by atoms with E-state index < -0.39 is 0 Å². The molecule has 0 fully saturated rings. The molecular formula is C21H27NO3. The van der Waals surface area contributed by atoms with Gasteiger partial charge in [-0.15, -0.1) is 0 Å². The minimum absolute atomic E-state index is 0.161. The van der Waals surface area contributed by atoms with Crippen molar-refractivity contribution in [3.05, 3.63) is 54.1 Å². The second-order valence-electron chi connectivity index (χ2n) is 6.55. The first-order chi connectivity index (χ1) is 12.0. The highest BCUT2D eigenvalue weighted by Gasteiger charge is 2.08. The summed E-state index contributed by atoms with van der Waals surface area (Å²) in [5, 5.41) is 2.89. The Morgan fingerprint density at radius 2 is 1.76 bits per heavy atom. The summed E-state index contributed by atoms with van der Waals surface area (Å²) in [6.07, 6.45) is 1.13. The van der Waals surface area contributed by atoms with Crippen LogP contribution < -0.4 is 14.8 Å². The molecule has 0 saturated heterocycles. The number of benzene rings is 2. The van der Waals surface area contributed by atoms with Crippen LogP contribution in [0.15, 0.2) is 48.5 Å². The van der Waals surface area contributed by atoms with E-state index in [-0.39, 0.29) is 12.0 Å². The Kier molecular flexibility index (Phi) is 6.87. The van der Waals surface area contributed by atoms with E-state index in [1.165, 1.54) is 0 Å². The van der Waals surface area contributed by atoms with Gasteiger partial charge < -0.3 is 14.8 Å². The largest absolute Gasteiger partial charge is 0.493 e. The van der Waals surface area contributed by atoms with Gasteiger partial charge in [0.2, 0.25) is 0 Å². The third-order valence-corrected chi connectivity index (χ3v) is 3.70. The lowest BCUT2D eigenvalue weighted by Gasteiger charge is -2.13. The number of rotatable bonds is 8. The Morgan fingerprint density at radius 1 is 1.04 bits per heavy atom. The Morgan fingerprint density at radius 3 is 2.40 bits per heavy atom. The van der Waals surface area contributed by atoms with Crippen LogP contribution in [0.1, 0.15) is 44.5 Å². The van der Waals surface area contributed by atoms with Crippen molar-refractivity contribution in [1.29, 1.82) is 0 Å². The van der Waals surface area contributed by atoms with E-state index in [0.29, 0.717) is 23.8 Å². The fourth-order valence-electron chi connectivity index (χ4n) is 2.13. The molecule has 1 amide bonds. The van der Waals surface area contributed by atoms with Crippen LogP contribution in [0.2, 0.25) is 0 Å². The van der Waals surface area contributed by atoms with Gasteiger partial charge in [-0.05, 0) is 61.7 Å². The summed E-state index contributed by atoms with van der Waals surface area (Å²) >= 11 is 0. The van der Waals surface area contributed by atoms with Crippen molar-refractivity contribution in [3.8, 4) is 11.5 Å². The summed E-state index contributed by atoms with van der Waals surface area (Å²) in [5.74, 6) is 1.79. The molecule has 4 nitrogen and oxygen atoms in total. The highest BCUT2D eigenvalue weighted by atomic mass is 16.5. The van der Waals surface area contributed by atoms with Crippen LogP contribution in [-0.2, 0) is 0 Å². The van der Waals surface area contributed by atoms with Gasteiger partial charge in [-0.3, -0.25) is 4.79 Å². The molecule has 0 radical (unpaired) electrons. The maximum absolute atomic E-state index is 12.4. The average Bonchev–Trinajstić information content (AvgIpc) is 2.61. The van der Waals surface area contributed by atoms with Gasteiger partial charge in [0.15, 0.2) is 0 Å². The molecule has 0 aliphatic heterocycles. The number of hydrogen-bond donors (Lipinski definition) is 1. The predicted octanol–water partition coefficient (Wildman–Crippen LogP) is 5.15. The summed E-state index contributed by atoms with van der Waals surface area (Å²) in [4.78, 5) is 12.4. The zero-order valence-corrected chi connectivity index (χ0v) is 15.4. The number of hydrogen-bond acceptors (Lipinski definition) is 3. The monoisotopic (exact) mass is 341 g/mol. The molecular weight excluding hydrogens is 314 g/mol. The van der Waals surface area contributed by atoms with Gasteiger partial charge in [0.05, 0.1) is 12.7 Å². The molecule has 4 heteroatoms. The summed E-state index contributed by atoms with van der Waals surface area (Å²) < 4.78 is 11.4. The Labute approximate surface area is 150 Å². The number of carbonyl (C=O) groups is 1. The molecule has 2 aromatic rings. The average molecular weight is 341 g/mol. The van der Waals surface area contributed by atoms with Gasteiger partial charge >= 0.3 is 0 Å². The number of ether oxygens (including phenoxy) is 2. The quantitative estimate of drug-likeness (QED) is 0.722. The number of nitrogens with one attached hydrogen (secondary N) is 1. The van der Waals surface area contributed by atoms with Gasteiger partial charge in [0.25, 0.3) is 5.91 Å². The molecule has 0 saturated carbocycles. The minimum Gasteiger partial charge on any atom is -0.493 e. The van der Waals surface area contributed by atoms with Crippen LogP contribution in [0, 0.1) is 5.92 Å². The molecule has 0 bridgehead atoms. The van der Waals surface area contributed by atoms with Crippen molar-refractivity contribution in [2.75, 3.05) is 11.9 Å². The topological polar surface area (TPSA) is 47.6 Å². The Balaban J connectivity index is 1.98. The van der Waals surface area contributed by atoms with Gasteiger partial charge in [-0.1, -0.05) is 26.8 Å². The third-order valence-electron chi connectivity index (χ3n) is 3.70. The van der Waals surface area contributed by atoms with Crippen LogP contribution in [0.25, 0.3) is 0 Å². The highest BCUT2D eigenvalue weighted by molar-refractivity contribution is 6.04. The lowest BCUT2D eigenvalue weighted by molar-refractivity contribution is 0.102. The van der Waals surface area contributed by atoms with Crippen LogP contribution >= 0.6 is 0 Å². The summed E-state index contributed by atoms with van der Waals surface area (Å²) in [6.45, 7) is 8.92. The second-order valence-corrected chi connectivity index (χ2v) is 6.55. The van der Waals surface area contributed by atoms with Crippen molar-refractivity contribution >= 4 is 11.6 Å². The van der Waals surface area contributed by atoms with E-state index in [0.717, 1.165) is 17.9 Å². The van der Waals surface area contributed by atoms with E-state index in [4.69, 9.17) is 9.47 Å². The van der Waals surface area contributed by atoms with Crippen LogP contribution in [0.5, 0.6) is 11.5 Å². The molecule has 1 unspecified atom stereocenters.